The molecule has 1 aromatic rings. The Morgan fingerprint density at radius 2 is 2.09 bits per heavy atom. The third kappa shape index (κ3) is 1.78. The van der Waals surface area contributed by atoms with Crippen molar-refractivity contribution in [1.82, 2.24) is 10.2 Å². The smallest absolute Gasteiger partial charge is 0.162 e. The van der Waals surface area contributed by atoms with Crippen molar-refractivity contribution in [3.05, 3.63) is 12.1 Å². The molecule has 3 N–H and O–H groups in total. The number of nitrogen functional groups attached to an aromatic ring is 1. The lowest BCUT2D eigenvalue weighted by molar-refractivity contribution is 0.961. The zero-order valence-electron chi connectivity index (χ0n) is 6.57. The fourth-order valence-corrected chi connectivity index (χ4v) is 0.641. The maximum absolute atomic E-state index is 5.11. The fourth-order valence-electron chi connectivity index (χ4n) is 0.641. The number of rotatable bonds is 2. The Morgan fingerprint density at radius 3 is 2.45 bits per heavy atom. The van der Waals surface area contributed by atoms with E-state index in [9.17, 15) is 0 Å². The number of hydrogen-bond donors (Lipinski definition) is 2. The number of nitrogens with two attached hydrogens (primary N) is 1. The van der Waals surface area contributed by atoms with Crippen molar-refractivity contribution in [1.29, 1.82) is 0 Å². The van der Waals surface area contributed by atoms with Crippen LogP contribution in [0.1, 0.15) is 0 Å². The third-order valence-corrected chi connectivity index (χ3v) is 1.26. The molecule has 0 atom stereocenters. The monoisotopic (exact) mass is 153 g/mol. The molecule has 0 saturated carbocycles. The van der Waals surface area contributed by atoms with Gasteiger partial charge in [-0.1, -0.05) is 0 Å². The van der Waals surface area contributed by atoms with Crippen molar-refractivity contribution in [3.63, 3.8) is 0 Å². The third-order valence-electron chi connectivity index (χ3n) is 1.26. The Kier molecular flexibility index (Phi) is 2.22. The van der Waals surface area contributed by atoms with Crippen LogP contribution in [0.2, 0.25) is 0 Å². The number of aromatic nitrogens is 2. The molecule has 0 aliphatic heterocycles. The minimum atomic E-state index is 0.565. The summed E-state index contributed by atoms with van der Waals surface area (Å²) in [6, 6.07) is 3.60. The lowest BCUT2D eigenvalue weighted by Gasteiger charge is -2.09. The zero-order valence-corrected chi connectivity index (χ0v) is 6.57. The summed E-state index contributed by atoms with van der Waals surface area (Å²) >= 11 is 0. The summed E-state index contributed by atoms with van der Waals surface area (Å²) in [6.45, 7) is 0. The maximum Gasteiger partial charge on any atom is 0.162 e. The number of hydrogen-bond acceptors (Lipinski definition) is 5. The molecule has 0 bridgehead atoms. The highest BCUT2D eigenvalue weighted by Gasteiger charge is 1.96. The first kappa shape index (κ1) is 7.74. The van der Waals surface area contributed by atoms with Gasteiger partial charge in [0, 0.05) is 14.1 Å². The Hall–Kier alpha value is -1.36. The SMILES string of the molecule is CN(C)c1ccc(NN)nn1. The molecule has 1 rings (SSSR count). The number of hydrazine groups is 1. The highest BCUT2D eigenvalue weighted by molar-refractivity contribution is 5.41. The molecule has 1 aromatic heterocycles. The van der Waals surface area contributed by atoms with Gasteiger partial charge < -0.3 is 10.3 Å². The number of nitrogens with one attached hydrogen (secondary N) is 1. The van der Waals surface area contributed by atoms with Crippen molar-refractivity contribution >= 4 is 11.6 Å². The Bertz CT molecular complexity index is 217. The molecular weight excluding hydrogens is 142 g/mol. The van der Waals surface area contributed by atoms with Crippen LogP contribution in [0, 0.1) is 0 Å². The molecular formula is C6H11N5. The van der Waals surface area contributed by atoms with Crippen LogP contribution in [0.3, 0.4) is 0 Å². The van der Waals surface area contributed by atoms with E-state index in [1.807, 2.05) is 25.1 Å². The predicted octanol–water partition coefficient (Wildman–Crippen LogP) is -0.172. The Morgan fingerprint density at radius 1 is 1.36 bits per heavy atom. The van der Waals surface area contributed by atoms with Gasteiger partial charge >= 0.3 is 0 Å². The first-order valence-electron chi connectivity index (χ1n) is 3.21. The van der Waals surface area contributed by atoms with E-state index in [1.54, 1.807) is 6.07 Å². The summed E-state index contributed by atoms with van der Waals surface area (Å²) in [4.78, 5) is 1.87. The molecule has 0 amide bonds. The van der Waals surface area contributed by atoms with E-state index in [1.165, 1.54) is 0 Å². The van der Waals surface area contributed by atoms with Gasteiger partial charge in [0.25, 0.3) is 0 Å². The van der Waals surface area contributed by atoms with Crippen LogP contribution in [-0.2, 0) is 0 Å². The van der Waals surface area contributed by atoms with Crippen molar-refractivity contribution in [2.75, 3.05) is 24.4 Å². The summed E-state index contributed by atoms with van der Waals surface area (Å²) in [7, 11) is 3.80. The van der Waals surface area contributed by atoms with Crippen molar-refractivity contribution in [3.8, 4) is 0 Å². The molecule has 11 heavy (non-hydrogen) atoms. The molecule has 60 valence electrons. The topological polar surface area (TPSA) is 67.1 Å². The lowest BCUT2D eigenvalue weighted by Crippen LogP contribution is -2.13. The van der Waals surface area contributed by atoms with Gasteiger partial charge in [-0.25, -0.2) is 5.84 Å². The van der Waals surface area contributed by atoms with Crippen LogP contribution in [-0.4, -0.2) is 24.3 Å². The summed E-state index contributed by atoms with van der Waals surface area (Å²) < 4.78 is 0. The van der Waals surface area contributed by atoms with Crippen LogP contribution < -0.4 is 16.2 Å². The van der Waals surface area contributed by atoms with E-state index in [2.05, 4.69) is 15.6 Å². The normalized spacial score (nSPS) is 9.36. The van der Waals surface area contributed by atoms with E-state index in [0.717, 1.165) is 5.82 Å². The summed E-state index contributed by atoms with van der Waals surface area (Å²) in [5.74, 6) is 6.48. The molecule has 0 aromatic carbocycles. The van der Waals surface area contributed by atoms with Crippen LogP contribution in [0.15, 0.2) is 12.1 Å². The van der Waals surface area contributed by atoms with Crippen molar-refractivity contribution in [2.45, 2.75) is 0 Å². The standard InChI is InChI=1S/C6H11N5/c1-11(2)6-4-3-5(8-7)9-10-6/h3-4H,7H2,1-2H3,(H,8,9). The molecule has 0 saturated heterocycles. The van der Waals surface area contributed by atoms with Gasteiger partial charge in [0.2, 0.25) is 0 Å². The first-order valence-corrected chi connectivity index (χ1v) is 3.21. The van der Waals surface area contributed by atoms with E-state index < -0.39 is 0 Å². The zero-order chi connectivity index (χ0) is 8.27. The van der Waals surface area contributed by atoms with E-state index in [-0.39, 0.29) is 0 Å². The van der Waals surface area contributed by atoms with Crippen LogP contribution in [0.4, 0.5) is 11.6 Å². The predicted molar refractivity (Wildman–Crippen MR) is 44.2 cm³/mol. The quantitative estimate of drug-likeness (QED) is 0.456. The van der Waals surface area contributed by atoms with E-state index in [4.69, 9.17) is 5.84 Å². The molecule has 0 unspecified atom stereocenters. The van der Waals surface area contributed by atoms with Gasteiger partial charge in [0.15, 0.2) is 11.6 Å². The number of anilines is 2. The van der Waals surface area contributed by atoms with Gasteiger partial charge in [0.1, 0.15) is 0 Å². The van der Waals surface area contributed by atoms with Crippen LogP contribution >= 0.6 is 0 Å². The molecule has 0 aliphatic carbocycles. The molecule has 0 fully saturated rings. The largest absolute Gasteiger partial charge is 0.361 e. The Balaban J connectivity index is 2.83. The fraction of sp³-hybridized carbons (Fsp3) is 0.333. The minimum absolute atomic E-state index is 0.565. The molecule has 5 heteroatoms. The molecule has 5 nitrogen and oxygen atoms in total. The number of nitrogens with zero attached hydrogens (tertiary/aromatic N) is 3. The van der Waals surface area contributed by atoms with Crippen LogP contribution in [0.5, 0.6) is 0 Å². The molecule has 0 spiro atoms. The van der Waals surface area contributed by atoms with E-state index >= 15 is 0 Å². The second-order valence-corrected chi connectivity index (χ2v) is 2.32. The maximum atomic E-state index is 5.11. The highest BCUT2D eigenvalue weighted by atomic mass is 15.3. The highest BCUT2D eigenvalue weighted by Crippen LogP contribution is 2.06. The van der Waals surface area contributed by atoms with Gasteiger partial charge in [-0.2, -0.15) is 0 Å². The van der Waals surface area contributed by atoms with Gasteiger partial charge in [0.05, 0.1) is 0 Å². The van der Waals surface area contributed by atoms with Gasteiger partial charge in [-0.3, -0.25) is 0 Å². The van der Waals surface area contributed by atoms with Gasteiger partial charge in [-0.05, 0) is 12.1 Å². The van der Waals surface area contributed by atoms with Gasteiger partial charge in [-0.15, -0.1) is 10.2 Å². The first-order chi connectivity index (χ1) is 5.24. The molecule has 1 heterocycles. The molecule has 0 aliphatic rings. The summed E-state index contributed by atoms with van der Waals surface area (Å²) in [5, 5.41) is 7.67. The lowest BCUT2D eigenvalue weighted by atomic mass is 10.5. The Labute approximate surface area is 65.2 Å². The van der Waals surface area contributed by atoms with Crippen molar-refractivity contribution in [2.24, 2.45) is 5.84 Å². The minimum Gasteiger partial charge on any atom is -0.361 e. The average Bonchev–Trinajstić information content (AvgIpc) is 2.05. The summed E-state index contributed by atoms with van der Waals surface area (Å²) in [5.41, 5.74) is 2.40. The van der Waals surface area contributed by atoms with E-state index in [0.29, 0.717) is 5.82 Å². The molecule has 0 radical (unpaired) electrons. The second-order valence-electron chi connectivity index (χ2n) is 2.32. The average molecular weight is 153 g/mol. The van der Waals surface area contributed by atoms with Crippen LogP contribution in [0.25, 0.3) is 0 Å². The second kappa shape index (κ2) is 3.16. The summed E-state index contributed by atoms with van der Waals surface area (Å²) in [6.07, 6.45) is 0. The van der Waals surface area contributed by atoms with Crippen molar-refractivity contribution < 1.29 is 0 Å².